The molecule has 0 aliphatic heterocycles. The van der Waals surface area contributed by atoms with Crippen LogP contribution in [0.2, 0.25) is 0 Å². The maximum Gasteiger partial charge on any atom is 0.225 e. The van der Waals surface area contributed by atoms with Crippen LogP contribution in [0.4, 0.5) is 5.69 Å². The van der Waals surface area contributed by atoms with Crippen LogP contribution in [0.5, 0.6) is 0 Å². The minimum absolute atomic E-state index is 0.0876. The van der Waals surface area contributed by atoms with Gasteiger partial charge in [0.05, 0.1) is 17.3 Å². The van der Waals surface area contributed by atoms with Gasteiger partial charge in [0.15, 0.2) is 0 Å². The van der Waals surface area contributed by atoms with E-state index in [-0.39, 0.29) is 5.91 Å². The Hall–Kier alpha value is -0.990. The number of benzene rings is 1. The first-order valence-corrected chi connectivity index (χ1v) is 5.70. The number of hydrogen-bond acceptors (Lipinski definition) is 3. The van der Waals surface area contributed by atoms with Crippen molar-refractivity contribution in [2.24, 2.45) is 0 Å². The van der Waals surface area contributed by atoms with Gasteiger partial charge in [-0.3, -0.25) is 4.79 Å². The van der Waals surface area contributed by atoms with Crippen molar-refractivity contribution < 1.29 is 4.79 Å². The number of thiol groups is 1. The summed E-state index contributed by atoms with van der Waals surface area (Å²) in [4.78, 5) is 11.3. The minimum Gasteiger partial charge on any atom is -0.325 e. The van der Waals surface area contributed by atoms with Gasteiger partial charge in [-0.15, -0.1) is 0 Å². The van der Waals surface area contributed by atoms with Crippen LogP contribution in [-0.4, -0.2) is 11.7 Å². The Bertz CT molecular complexity index is 414. The average molecular weight is 285 g/mol. The molecular formula is C10H9BrN2OS. The smallest absolute Gasteiger partial charge is 0.225 e. The molecule has 15 heavy (non-hydrogen) atoms. The van der Waals surface area contributed by atoms with Crippen LogP contribution in [0.3, 0.4) is 0 Å². The highest BCUT2D eigenvalue weighted by Crippen LogP contribution is 2.23. The zero-order chi connectivity index (χ0) is 11.3. The molecule has 0 atom stereocenters. The van der Waals surface area contributed by atoms with E-state index in [1.165, 1.54) is 0 Å². The van der Waals surface area contributed by atoms with Crippen molar-refractivity contribution in [3.8, 4) is 6.07 Å². The molecule has 1 amide bonds. The zero-order valence-electron chi connectivity index (χ0n) is 7.83. The summed E-state index contributed by atoms with van der Waals surface area (Å²) in [5, 5.41) is 11.4. The number of anilines is 1. The lowest BCUT2D eigenvalue weighted by molar-refractivity contribution is -0.115. The van der Waals surface area contributed by atoms with E-state index in [2.05, 4.69) is 33.9 Å². The predicted octanol–water partition coefficient (Wildman–Crippen LogP) is 2.58. The van der Waals surface area contributed by atoms with E-state index in [0.29, 0.717) is 27.9 Å². The Morgan fingerprint density at radius 3 is 2.87 bits per heavy atom. The molecule has 0 aliphatic carbocycles. The molecule has 1 aromatic rings. The van der Waals surface area contributed by atoms with Crippen molar-refractivity contribution >= 4 is 40.2 Å². The molecule has 0 aliphatic rings. The summed E-state index contributed by atoms with van der Waals surface area (Å²) >= 11 is 7.25. The molecule has 5 heteroatoms. The van der Waals surface area contributed by atoms with E-state index in [4.69, 9.17) is 5.26 Å². The van der Waals surface area contributed by atoms with Crippen LogP contribution in [0, 0.1) is 11.3 Å². The number of carbonyl (C=O) groups excluding carboxylic acids is 1. The van der Waals surface area contributed by atoms with Gasteiger partial charge < -0.3 is 5.32 Å². The topological polar surface area (TPSA) is 52.9 Å². The molecule has 0 saturated carbocycles. The van der Waals surface area contributed by atoms with Gasteiger partial charge in [0, 0.05) is 10.9 Å². The summed E-state index contributed by atoms with van der Waals surface area (Å²) in [5.41, 5.74) is 1.22. The number of carbonyl (C=O) groups is 1. The quantitative estimate of drug-likeness (QED) is 0.839. The standard InChI is InChI=1S/C10H9BrN2OS/c11-8-5-7(6-12)1-2-9(8)13-10(14)3-4-15/h1-2,5,15H,3-4H2,(H,13,14). The highest BCUT2D eigenvalue weighted by atomic mass is 79.9. The second-order valence-corrected chi connectivity index (χ2v) is 4.13. The fraction of sp³-hybridized carbons (Fsp3) is 0.200. The molecule has 0 aromatic heterocycles. The van der Waals surface area contributed by atoms with Gasteiger partial charge in [-0.1, -0.05) is 0 Å². The average Bonchev–Trinajstić information content (AvgIpc) is 2.21. The van der Waals surface area contributed by atoms with Gasteiger partial charge in [-0.05, 0) is 39.9 Å². The van der Waals surface area contributed by atoms with Crippen LogP contribution in [-0.2, 0) is 4.79 Å². The fourth-order valence-electron chi connectivity index (χ4n) is 1.00. The van der Waals surface area contributed by atoms with E-state index < -0.39 is 0 Å². The maximum atomic E-state index is 11.3. The molecule has 0 bridgehead atoms. The highest BCUT2D eigenvalue weighted by Gasteiger charge is 2.05. The lowest BCUT2D eigenvalue weighted by Crippen LogP contribution is -2.12. The number of amides is 1. The van der Waals surface area contributed by atoms with Crippen LogP contribution < -0.4 is 5.32 Å². The molecule has 1 N–H and O–H groups in total. The molecular weight excluding hydrogens is 276 g/mol. The maximum absolute atomic E-state index is 11.3. The monoisotopic (exact) mass is 284 g/mol. The zero-order valence-corrected chi connectivity index (χ0v) is 10.3. The molecule has 0 spiro atoms. The summed E-state index contributed by atoms with van der Waals surface area (Å²) < 4.78 is 0.703. The number of nitrogens with one attached hydrogen (secondary N) is 1. The van der Waals surface area contributed by atoms with Crippen molar-refractivity contribution in [3.05, 3.63) is 28.2 Å². The van der Waals surface area contributed by atoms with E-state index >= 15 is 0 Å². The van der Waals surface area contributed by atoms with Crippen LogP contribution in [0.15, 0.2) is 22.7 Å². The minimum atomic E-state index is -0.0876. The second kappa shape index (κ2) is 5.79. The van der Waals surface area contributed by atoms with E-state index in [1.54, 1.807) is 18.2 Å². The lowest BCUT2D eigenvalue weighted by atomic mass is 10.2. The summed E-state index contributed by atoms with van der Waals surface area (Å²) in [5.74, 6) is 0.426. The number of nitrogens with zero attached hydrogens (tertiary/aromatic N) is 1. The molecule has 3 nitrogen and oxygen atoms in total. The lowest BCUT2D eigenvalue weighted by Gasteiger charge is -2.06. The van der Waals surface area contributed by atoms with Crippen molar-refractivity contribution in [2.45, 2.75) is 6.42 Å². The van der Waals surface area contributed by atoms with E-state index in [1.807, 2.05) is 6.07 Å². The number of halogens is 1. The van der Waals surface area contributed by atoms with Crippen LogP contribution in [0.25, 0.3) is 0 Å². The Balaban J connectivity index is 2.79. The third kappa shape index (κ3) is 3.57. The summed E-state index contributed by atoms with van der Waals surface area (Å²) in [6, 6.07) is 7.03. The fourth-order valence-corrected chi connectivity index (χ4v) is 1.68. The van der Waals surface area contributed by atoms with Crippen molar-refractivity contribution in [1.82, 2.24) is 0 Å². The van der Waals surface area contributed by atoms with Crippen LogP contribution >= 0.6 is 28.6 Å². The summed E-state index contributed by atoms with van der Waals surface area (Å²) in [6.07, 6.45) is 0.371. The first-order valence-electron chi connectivity index (χ1n) is 4.27. The van der Waals surface area contributed by atoms with Gasteiger partial charge in [0.1, 0.15) is 0 Å². The Morgan fingerprint density at radius 2 is 2.33 bits per heavy atom. The molecule has 0 radical (unpaired) electrons. The van der Waals surface area contributed by atoms with Gasteiger partial charge >= 0.3 is 0 Å². The van der Waals surface area contributed by atoms with Gasteiger partial charge in [0.2, 0.25) is 5.91 Å². The first kappa shape index (κ1) is 12.1. The highest BCUT2D eigenvalue weighted by molar-refractivity contribution is 9.10. The number of rotatable bonds is 3. The predicted molar refractivity (Wildman–Crippen MR) is 66.0 cm³/mol. The normalized spacial score (nSPS) is 9.40. The Kier molecular flexibility index (Phi) is 4.66. The SMILES string of the molecule is N#Cc1ccc(NC(=O)CCS)c(Br)c1. The molecule has 0 unspecified atom stereocenters. The molecule has 78 valence electrons. The molecule has 1 rings (SSSR count). The second-order valence-electron chi connectivity index (χ2n) is 2.83. The van der Waals surface area contributed by atoms with E-state index in [9.17, 15) is 4.79 Å². The molecule has 0 saturated heterocycles. The van der Waals surface area contributed by atoms with Crippen molar-refractivity contribution in [1.29, 1.82) is 5.26 Å². The first-order chi connectivity index (χ1) is 7.17. The van der Waals surface area contributed by atoms with Crippen molar-refractivity contribution in [2.75, 3.05) is 11.1 Å². The molecule has 0 fully saturated rings. The van der Waals surface area contributed by atoms with Gasteiger partial charge in [0.25, 0.3) is 0 Å². The Morgan fingerprint density at radius 1 is 1.60 bits per heavy atom. The number of hydrogen-bond donors (Lipinski definition) is 2. The molecule has 0 heterocycles. The summed E-state index contributed by atoms with van der Waals surface area (Å²) in [7, 11) is 0. The largest absolute Gasteiger partial charge is 0.325 e. The summed E-state index contributed by atoms with van der Waals surface area (Å²) in [6.45, 7) is 0. The van der Waals surface area contributed by atoms with Crippen molar-refractivity contribution in [3.63, 3.8) is 0 Å². The van der Waals surface area contributed by atoms with E-state index in [0.717, 1.165) is 0 Å². The third-order valence-corrected chi connectivity index (χ3v) is 2.59. The van der Waals surface area contributed by atoms with Gasteiger partial charge in [-0.2, -0.15) is 17.9 Å². The van der Waals surface area contributed by atoms with Gasteiger partial charge in [-0.25, -0.2) is 0 Å². The Labute approximate surface area is 102 Å². The van der Waals surface area contributed by atoms with Crippen LogP contribution in [0.1, 0.15) is 12.0 Å². The molecule has 1 aromatic carbocycles. The number of nitriles is 1. The third-order valence-electron chi connectivity index (χ3n) is 1.71.